The van der Waals surface area contributed by atoms with Gasteiger partial charge in [-0.3, -0.25) is 14.6 Å². The number of nitriles is 2. The van der Waals surface area contributed by atoms with Crippen molar-refractivity contribution in [1.82, 2.24) is 19.8 Å². The number of piperidine rings is 2. The molecule has 0 amide bonds. The number of carbonyl (C=O) groups excluding carboxylic acids is 2. The van der Waals surface area contributed by atoms with Gasteiger partial charge in [-0.1, -0.05) is 18.2 Å². The number of methoxy groups -OCH3 is 2. The van der Waals surface area contributed by atoms with Crippen LogP contribution in [0.4, 0.5) is 0 Å². The number of Topliss-reactive ketones (excluding diaryl/α,β-unsaturated/α-hetero) is 2. The van der Waals surface area contributed by atoms with Crippen LogP contribution in [0.25, 0.3) is 17.0 Å². The monoisotopic (exact) mass is 668 g/mol. The Kier molecular flexibility index (Phi) is 10.2. The van der Waals surface area contributed by atoms with Crippen molar-refractivity contribution in [2.45, 2.75) is 70.5 Å². The summed E-state index contributed by atoms with van der Waals surface area (Å²) in [5.41, 5.74) is 6.77. The molecule has 0 saturated carbocycles. The Labute approximate surface area is 287 Å². The summed E-state index contributed by atoms with van der Waals surface area (Å²) >= 11 is 6.04. The van der Waals surface area contributed by atoms with Crippen molar-refractivity contribution in [3.8, 4) is 12.1 Å². The lowest BCUT2D eigenvalue weighted by Crippen LogP contribution is -2.43. The minimum Gasteiger partial charge on any atom is -0.378 e. The second kappa shape index (κ2) is 14.0. The third kappa shape index (κ3) is 6.93. The zero-order valence-corrected chi connectivity index (χ0v) is 29.0. The van der Waals surface area contributed by atoms with Gasteiger partial charge in [-0.25, -0.2) is 4.98 Å². The number of halogens is 1. The number of hydrogen-bond donors (Lipinski definition) is 0. The van der Waals surface area contributed by atoms with Crippen LogP contribution in [0.15, 0.2) is 42.3 Å². The van der Waals surface area contributed by atoms with E-state index in [9.17, 15) is 20.1 Å². The maximum atomic E-state index is 12.5. The van der Waals surface area contributed by atoms with Gasteiger partial charge in [-0.05, 0) is 75.3 Å². The number of carbonyl (C=O) groups is 2. The van der Waals surface area contributed by atoms with E-state index in [0.717, 1.165) is 91.1 Å². The molecule has 250 valence electrons. The lowest BCUT2D eigenvalue weighted by Gasteiger charge is -2.41. The molecule has 2 saturated heterocycles. The molecule has 4 aliphatic rings. The van der Waals surface area contributed by atoms with E-state index >= 15 is 0 Å². The van der Waals surface area contributed by atoms with E-state index in [0.29, 0.717) is 10.9 Å². The number of fused-ring (bicyclic) bond motifs is 2. The fourth-order valence-corrected chi connectivity index (χ4v) is 6.81. The van der Waals surface area contributed by atoms with Crippen LogP contribution < -0.4 is 0 Å². The van der Waals surface area contributed by atoms with E-state index in [1.807, 2.05) is 13.0 Å². The van der Waals surface area contributed by atoms with Crippen LogP contribution in [0.1, 0.15) is 74.4 Å². The number of rotatable bonds is 5. The van der Waals surface area contributed by atoms with Gasteiger partial charge in [0.2, 0.25) is 0 Å². The highest BCUT2D eigenvalue weighted by atomic mass is 35.5. The summed E-state index contributed by atoms with van der Waals surface area (Å²) in [5, 5.41) is 19.4. The lowest BCUT2D eigenvalue weighted by molar-refractivity contribution is -0.115. The zero-order chi connectivity index (χ0) is 34.8. The summed E-state index contributed by atoms with van der Waals surface area (Å²) in [4.78, 5) is 37.5. The number of nitrogens with zero attached hydrogens (tertiary/aromatic N) is 6. The van der Waals surface area contributed by atoms with Gasteiger partial charge in [0, 0.05) is 76.8 Å². The fourth-order valence-electron chi connectivity index (χ4n) is 6.66. The Bertz CT molecular complexity index is 1800. The molecular weight excluding hydrogens is 628 g/mol. The molecule has 2 aliphatic heterocycles. The Hall–Kier alpha value is -4.35. The van der Waals surface area contributed by atoms with Crippen LogP contribution in [0.3, 0.4) is 0 Å². The average molecular weight is 669 g/mol. The van der Waals surface area contributed by atoms with Crippen molar-refractivity contribution in [2.75, 3.05) is 40.4 Å². The molecule has 48 heavy (non-hydrogen) atoms. The van der Waals surface area contributed by atoms with Gasteiger partial charge < -0.3 is 19.3 Å². The van der Waals surface area contributed by atoms with Crippen LogP contribution in [0.5, 0.6) is 0 Å². The minimum atomic E-state index is -0.154. The molecule has 0 aromatic carbocycles. The summed E-state index contributed by atoms with van der Waals surface area (Å²) in [5.74, 6) is -0.283. The van der Waals surface area contributed by atoms with Gasteiger partial charge in [0.25, 0.3) is 0 Å². The lowest BCUT2D eigenvalue weighted by atomic mass is 9.86. The molecule has 6 rings (SSSR count). The largest absolute Gasteiger partial charge is 0.378 e. The molecule has 2 aromatic rings. The van der Waals surface area contributed by atoms with Crippen molar-refractivity contribution < 1.29 is 19.1 Å². The van der Waals surface area contributed by atoms with E-state index in [-0.39, 0.29) is 46.8 Å². The summed E-state index contributed by atoms with van der Waals surface area (Å²) in [6.07, 6.45) is 7.20. The van der Waals surface area contributed by atoms with Crippen molar-refractivity contribution in [1.29, 1.82) is 10.5 Å². The number of ketones is 2. The van der Waals surface area contributed by atoms with E-state index in [4.69, 9.17) is 21.1 Å². The Morgan fingerprint density at radius 2 is 1.23 bits per heavy atom. The highest BCUT2D eigenvalue weighted by Crippen LogP contribution is 2.38. The highest BCUT2D eigenvalue weighted by molar-refractivity contribution is 6.29. The first-order chi connectivity index (χ1) is 22.9. The SMILES string of the molecule is C=C(C)c1cc2c(cn1)CC(=O)C(C#N)=C2N1CCC(C)(OC)CC1.COC1(C)CCN(C2=C(C#N)C(=O)Cc3cnc(Cl)cc32)CC1. The average Bonchev–Trinajstić information content (AvgIpc) is 3.08. The molecule has 0 radical (unpaired) electrons. The summed E-state index contributed by atoms with van der Waals surface area (Å²) in [7, 11) is 3.46. The quantitative estimate of drug-likeness (QED) is 0.372. The number of pyridine rings is 2. The third-order valence-corrected chi connectivity index (χ3v) is 10.3. The van der Waals surface area contributed by atoms with Gasteiger partial charge in [0.15, 0.2) is 11.6 Å². The summed E-state index contributed by atoms with van der Waals surface area (Å²) < 4.78 is 11.2. The van der Waals surface area contributed by atoms with Crippen LogP contribution in [0, 0.1) is 22.7 Å². The zero-order valence-electron chi connectivity index (χ0n) is 28.3. The Balaban J connectivity index is 0.000000188. The first-order valence-corrected chi connectivity index (χ1v) is 16.5. The maximum Gasteiger partial charge on any atom is 0.179 e. The summed E-state index contributed by atoms with van der Waals surface area (Å²) in [6, 6.07) is 7.94. The molecular formula is C37H41ClN6O4. The molecule has 0 unspecified atom stereocenters. The first-order valence-electron chi connectivity index (χ1n) is 16.1. The van der Waals surface area contributed by atoms with Crippen LogP contribution in [-0.4, -0.2) is 82.9 Å². The molecule has 0 N–H and O–H groups in total. The van der Waals surface area contributed by atoms with Crippen molar-refractivity contribution in [2.24, 2.45) is 0 Å². The molecule has 2 fully saturated rings. The van der Waals surface area contributed by atoms with E-state index in [2.05, 4.69) is 52.3 Å². The summed E-state index contributed by atoms with van der Waals surface area (Å²) in [6.45, 7) is 13.0. The number of allylic oxidation sites excluding steroid dienone is 3. The van der Waals surface area contributed by atoms with E-state index in [1.54, 1.807) is 32.7 Å². The number of ether oxygens (including phenoxy) is 2. The molecule has 0 atom stereocenters. The van der Waals surface area contributed by atoms with Gasteiger partial charge in [-0.15, -0.1) is 0 Å². The van der Waals surface area contributed by atoms with Gasteiger partial charge in [0.1, 0.15) is 28.4 Å². The Morgan fingerprint density at radius 3 is 1.62 bits per heavy atom. The van der Waals surface area contributed by atoms with Crippen molar-refractivity contribution in [3.05, 3.63) is 75.4 Å². The smallest absolute Gasteiger partial charge is 0.179 e. The number of aromatic nitrogens is 2. The van der Waals surface area contributed by atoms with Gasteiger partial charge in [0.05, 0.1) is 28.3 Å². The molecule has 2 aliphatic carbocycles. The Morgan fingerprint density at radius 1 is 0.812 bits per heavy atom. The predicted octanol–water partition coefficient (Wildman–Crippen LogP) is 5.57. The molecule has 11 heteroatoms. The third-order valence-electron chi connectivity index (χ3n) is 10.1. The van der Waals surface area contributed by atoms with E-state index < -0.39 is 0 Å². The predicted molar refractivity (Wildman–Crippen MR) is 183 cm³/mol. The standard InChI is InChI=1S/C20H23N3O2.C17H18ClN3O2/c1-13(2)17-10-15-14(12-22-17)9-18(24)16(11-21)19(15)23-7-5-20(3,25-4)6-8-23;1-17(23-2)3-5-21(6-4-17)16-12-8-15(18)20-10-11(12)7-14(22)13(16)9-19/h10,12H,1,5-9H2,2-4H3;8,10H,3-7H2,1-2H3. The maximum absolute atomic E-state index is 12.5. The van der Waals surface area contributed by atoms with E-state index in [1.165, 1.54) is 0 Å². The molecule has 4 heterocycles. The van der Waals surface area contributed by atoms with Crippen molar-refractivity contribution in [3.63, 3.8) is 0 Å². The van der Waals surface area contributed by atoms with Crippen LogP contribution in [-0.2, 0) is 31.9 Å². The molecule has 0 bridgehead atoms. The molecule has 10 nitrogen and oxygen atoms in total. The number of hydrogen-bond acceptors (Lipinski definition) is 10. The fraction of sp³-hybridized carbons (Fsp3) is 0.459. The second-order valence-corrected chi connectivity index (χ2v) is 13.7. The minimum absolute atomic E-state index is 0.130. The van der Waals surface area contributed by atoms with Crippen LogP contribution >= 0.6 is 11.6 Å². The second-order valence-electron chi connectivity index (χ2n) is 13.3. The number of likely N-dealkylation sites (tertiary alicyclic amines) is 2. The topological polar surface area (TPSA) is 132 Å². The van der Waals surface area contributed by atoms with Crippen LogP contribution in [0.2, 0.25) is 5.15 Å². The molecule has 2 aromatic heterocycles. The van der Waals surface area contributed by atoms with Crippen molar-refractivity contribution >= 4 is 40.1 Å². The van der Waals surface area contributed by atoms with Gasteiger partial charge in [-0.2, -0.15) is 10.5 Å². The first kappa shape index (κ1) is 35.0. The van der Waals surface area contributed by atoms with Gasteiger partial charge >= 0.3 is 0 Å². The normalized spacial score (nSPS) is 19.8. The highest BCUT2D eigenvalue weighted by Gasteiger charge is 2.37. The molecule has 0 spiro atoms.